The van der Waals surface area contributed by atoms with E-state index in [4.69, 9.17) is 0 Å². The van der Waals surface area contributed by atoms with E-state index in [1.807, 2.05) is 7.05 Å². The highest BCUT2D eigenvalue weighted by Crippen LogP contribution is 2.05. The van der Waals surface area contributed by atoms with E-state index in [1.54, 1.807) is 24.0 Å². The second kappa shape index (κ2) is 3.93. The molecule has 0 fully saturated rings. The number of methoxy groups -OCH3 is 1. The number of hydrogen-bond donors (Lipinski definition) is 1. The Kier molecular flexibility index (Phi) is 2.89. The molecule has 13 heavy (non-hydrogen) atoms. The predicted molar refractivity (Wildman–Crippen MR) is 48.3 cm³/mol. The number of rotatable bonds is 3. The van der Waals surface area contributed by atoms with E-state index in [9.17, 15) is 4.79 Å². The highest BCUT2D eigenvalue weighted by molar-refractivity contribution is 5.78. The van der Waals surface area contributed by atoms with Crippen molar-refractivity contribution in [1.29, 1.82) is 0 Å². The van der Waals surface area contributed by atoms with Crippen molar-refractivity contribution in [2.24, 2.45) is 7.05 Å². The number of aromatic nitrogens is 2. The summed E-state index contributed by atoms with van der Waals surface area (Å²) in [5, 5.41) is 6.91. The van der Waals surface area contributed by atoms with Gasteiger partial charge < -0.3 is 10.1 Å². The van der Waals surface area contributed by atoms with Crippen LogP contribution < -0.4 is 5.32 Å². The number of ether oxygens (including phenoxy) is 1. The molecular weight excluding hydrogens is 170 g/mol. The lowest BCUT2D eigenvalue weighted by molar-refractivity contribution is -0.141. The van der Waals surface area contributed by atoms with Crippen molar-refractivity contribution in [1.82, 2.24) is 9.78 Å². The average Bonchev–Trinajstić information content (AvgIpc) is 2.49. The van der Waals surface area contributed by atoms with Crippen LogP contribution in [0.25, 0.3) is 0 Å². The molecule has 0 saturated heterocycles. The van der Waals surface area contributed by atoms with E-state index in [2.05, 4.69) is 15.2 Å². The number of carbonyl (C=O) groups excluding carboxylic acids is 1. The summed E-state index contributed by atoms with van der Waals surface area (Å²) in [6.45, 7) is 1.73. The van der Waals surface area contributed by atoms with Gasteiger partial charge in [-0.25, -0.2) is 4.79 Å². The van der Waals surface area contributed by atoms with E-state index in [-0.39, 0.29) is 12.0 Å². The van der Waals surface area contributed by atoms with Crippen molar-refractivity contribution in [3.63, 3.8) is 0 Å². The number of aryl methyl sites for hydroxylation is 1. The monoisotopic (exact) mass is 183 g/mol. The Morgan fingerprint density at radius 1 is 1.77 bits per heavy atom. The number of carbonyl (C=O) groups is 1. The lowest BCUT2D eigenvalue weighted by Crippen LogP contribution is -2.26. The minimum absolute atomic E-state index is 0.288. The standard InChI is InChI=1S/C8H13N3O2/c1-6(8(12)13-3)10-7-4-9-11(2)5-7/h4-6,10H,1-3H3. The van der Waals surface area contributed by atoms with Gasteiger partial charge in [0.05, 0.1) is 19.0 Å². The minimum atomic E-state index is -0.353. The molecule has 0 radical (unpaired) electrons. The van der Waals surface area contributed by atoms with Gasteiger partial charge in [0.1, 0.15) is 6.04 Å². The first-order chi connectivity index (χ1) is 6.13. The van der Waals surface area contributed by atoms with Crippen molar-refractivity contribution < 1.29 is 9.53 Å². The summed E-state index contributed by atoms with van der Waals surface area (Å²) in [5.74, 6) is -0.288. The lowest BCUT2D eigenvalue weighted by Gasteiger charge is -2.10. The third-order valence-corrected chi connectivity index (χ3v) is 1.64. The van der Waals surface area contributed by atoms with Gasteiger partial charge in [0.25, 0.3) is 0 Å². The highest BCUT2D eigenvalue weighted by Gasteiger charge is 2.12. The Morgan fingerprint density at radius 2 is 2.46 bits per heavy atom. The van der Waals surface area contributed by atoms with E-state index in [1.165, 1.54) is 7.11 Å². The smallest absolute Gasteiger partial charge is 0.327 e. The van der Waals surface area contributed by atoms with Crippen molar-refractivity contribution in [3.8, 4) is 0 Å². The van der Waals surface area contributed by atoms with Crippen molar-refractivity contribution >= 4 is 11.7 Å². The third-order valence-electron chi connectivity index (χ3n) is 1.64. The van der Waals surface area contributed by atoms with Gasteiger partial charge in [-0.3, -0.25) is 4.68 Å². The molecule has 0 spiro atoms. The molecule has 1 rings (SSSR count). The number of hydrogen-bond acceptors (Lipinski definition) is 4. The summed E-state index contributed by atoms with van der Waals surface area (Å²) in [4.78, 5) is 11.0. The Hall–Kier alpha value is -1.52. The van der Waals surface area contributed by atoms with Crippen LogP contribution in [0.4, 0.5) is 5.69 Å². The maximum atomic E-state index is 11.0. The van der Waals surface area contributed by atoms with Crippen LogP contribution >= 0.6 is 0 Å². The Labute approximate surface area is 76.7 Å². The fraction of sp³-hybridized carbons (Fsp3) is 0.500. The zero-order valence-corrected chi connectivity index (χ0v) is 7.94. The first-order valence-electron chi connectivity index (χ1n) is 3.96. The van der Waals surface area contributed by atoms with Crippen molar-refractivity contribution in [2.75, 3.05) is 12.4 Å². The molecule has 1 heterocycles. The molecule has 0 aliphatic heterocycles. The molecule has 0 aliphatic rings. The molecule has 0 amide bonds. The van der Waals surface area contributed by atoms with Crippen LogP contribution in [0.3, 0.4) is 0 Å². The van der Waals surface area contributed by atoms with Gasteiger partial charge in [0.2, 0.25) is 0 Å². The molecule has 1 aromatic rings. The molecule has 0 saturated carbocycles. The second-order valence-electron chi connectivity index (χ2n) is 2.79. The maximum absolute atomic E-state index is 11.0. The summed E-state index contributed by atoms with van der Waals surface area (Å²) >= 11 is 0. The van der Waals surface area contributed by atoms with Gasteiger partial charge in [0, 0.05) is 13.2 Å². The molecule has 0 aliphatic carbocycles. The van der Waals surface area contributed by atoms with Crippen LogP contribution in [0.5, 0.6) is 0 Å². The van der Waals surface area contributed by atoms with Crippen LogP contribution in [-0.4, -0.2) is 28.9 Å². The van der Waals surface area contributed by atoms with Gasteiger partial charge in [-0.1, -0.05) is 0 Å². The first-order valence-corrected chi connectivity index (χ1v) is 3.96. The fourth-order valence-corrected chi connectivity index (χ4v) is 0.981. The molecule has 0 bridgehead atoms. The second-order valence-corrected chi connectivity index (χ2v) is 2.79. The molecule has 72 valence electrons. The van der Waals surface area contributed by atoms with Crippen LogP contribution in [0.15, 0.2) is 12.4 Å². The van der Waals surface area contributed by atoms with E-state index < -0.39 is 0 Å². The average molecular weight is 183 g/mol. The summed E-state index contributed by atoms with van der Waals surface area (Å²) < 4.78 is 6.22. The van der Waals surface area contributed by atoms with Gasteiger partial charge >= 0.3 is 5.97 Å². The number of esters is 1. The molecule has 0 aromatic carbocycles. The molecular formula is C8H13N3O2. The molecule has 1 atom stereocenters. The number of nitrogens with one attached hydrogen (secondary N) is 1. The summed E-state index contributed by atoms with van der Waals surface area (Å²) in [6.07, 6.45) is 3.44. The van der Waals surface area contributed by atoms with Crippen LogP contribution in [0, 0.1) is 0 Å². The van der Waals surface area contributed by atoms with E-state index >= 15 is 0 Å². The van der Waals surface area contributed by atoms with Gasteiger partial charge in [-0.2, -0.15) is 5.10 Å². The predicted octanol–water partition coefficient (Wildman–Crippen LogP) is 0.393. The normalized spacial score (nSPS) is 12.2. The summed E-state index contributed by atoms with van der Waals surface area (Å²) in [6, 6.07) is -0.353. The Balaban J connectivity index is 2.54. The first kappa shape index (κ1) is 9.57. The van der Waals surface area contributed by atoms with Crippen LogP contribution in [-0.2, 0) is 16.6 Å². The van der Waals surface area contributed by atoms with Gasteiger partial charge in [0.15, 0.2) is 0 Å². The van der Waals surface area contributed by atoms with Crippen LogP contribution in [0.1, 0.15) is 6.92 Å². The fourth-order valence-electron chi connectivity index (χ4n) is 0.981. The molecule has 1 aromatic heterocycles. The molecule has 1 unspecified atom stereocenters. The number of nitrogens with zero attached hydrogens (tertiary/aromatic N) is 2. The Bertz CT molecular complexity index is 295. The minimum Gasteiger partial charge on any atom is -0.467 e. The Morgan fingerprint density at radius 3 is 2.92 bits per heavy atom. The van der Waals surface area contributed by atoms with Crippen molar-refractivity contribution in [2.45, 2.75) is 13.0 Å². The van der Waals surface area contributed by atoms with Crippen LogP contribution in [0.2, 0.25) is 0 Å². The molecule has 5 nitrogen and oxygen atoms in total. The summed E-state index contributed by atoms with van der Waals surface area (Å²) in [7, 11) is 3.18. The molecule has 1 N–H and O–H groups in total. The quantitative estimate of drug-likeness (QED) is 0.689. The summed E-state index contributed by atoms with van der Waals surface area (Å²) in [5.41, 5.74) is 0.806. The maximum Gasteiger partial charge on any atom is 0.327 e. The van der Waals surface area contributed by atoms with E-state index in [0.717, 1.165) is 5.69 Å². The van der Waals surface area contributed by atoms with Gasteiger partial charge in [-0.05, 0) is 6.92 Å². The topological polar surface area (TPSA) is 56.1 Å². The number of anilines is 1. The zero-order valence-electron chi connectivity index (χ0n) is 7.94. The largest absolute Gasteiger partial charge is 0.467 e. The van der Waals surface area contributed by atoms with E-state index in [0.29, 0.717) is 0 Å². The van der Waals surface area contributed by atoms with Crippen molar-refractivity contribution in [3.05, 3.63) is 12.4 Å². The highest BCUT2D eigenvalue weighted by atomic mass is 16.5. The van der Waals surface area contributed by atoms with Gasteiger partial charge in [-0.15, -0.1) is 0 Å². The SMILES string of the molecule is COC(=O)C(C)Nc1cnn(C)c1. The molecule has 5 heteroatoms. The lowest BCUT2D eigenvalue weighted by atomic mass is 10.3. The third kappa shape index (κ3) is 2.47. The zero-order chi connectivity index (χ0) is 9.84.